The monoisotopic (exact) mass is 355 g/mol. The summed E-state index contributed by atoms with van der Waals surface area (Å²) < 4.78 is 6.64. The molecule has 3 aromatic rings. The highest BCUT2D eigenvalue weighted by Gasteiger charge is 2.18. The minimum atomic E-state index is -1.03. The molecule has 0 radical (unpaired) electrons. The maximum atomic E-state index is 11.8. The number of carboxylic acid groups (broad SMARTS) is 1. The predicted molar refractivity (Wildman–Crippen MR) is 93.0 cm³/mol. The molecule has 0 unspecified atom stereocenters. The second-order valence-electron chi connectivity index (χ2n) is 6.52. The molecule has 3 rings (SSSR count). The Morgan fingerprint density at radius 1 is 1.23 bits per heavy atom. The Bertz CT molecular complexity index is 990. The molecular formula is C17H17N5O4. The van der Waals surface area contributed by atoms with Crippen LogP contribution in [0.3, 0.4) is 0 Å². The summed E-state index contributed by atoms with van der Waals surface area (Å²) in [4.78, 5) is 31.3. The number of fused-ring (bicyclic) bond motifs is 1. The summed E-state index contributed by atoms with van der Waals surface area (Å²) >= 11 is 0. The van der Waals surface area contributed by atoms with Gasteiger partial charge in [-0.05, 0) is 45.0 Å². The van der Waals surface area contributed by atoms with Crippen molar-refractivity contribution in [1.29, 1.82) is 0 Å². The van der Waals surface area contributed by atoms with Gasteiger partial charge in [0.25, 0.3) is 5.95 Å². The lowest BCUT2D eigenvalue weighted by molar-refractivity contribution is 0.0632. The minimum Gasteiger partial charge on any atom is -0.478 e. The third kappa shape index (κ3) is 3.94. The van der Waals surface area contributed by atoms with E-state index in [0.717, 1.165) is 0 Å². The number of pyridine rings is 2. The highest BCUT2D eigenvalue weighted by molar-refractivity contribution is 5.89. The van der Waals surface area contributed by atoms with Gasteiger partial charge in [0.1, 0.15) is 5.60 Å². The van der Waals surface area contributed by atoms with Gasteiger partial charge in [0, 0.05) is 18.0 Å². The summed E-state index contributed by atoms with van der Waals surface area (Å²) in [5.41, 5.74) is 1.16. The molecule has 0 fully saturated rings. The first-order valence-corrected chi connectivity index (χ1v) is 7.77. The number of ether oxygens (including phenoxy) is 1. The molecule has 3 aromatic heterocycles. The number of aromatic carboxylic acids is 1. The summed E-state index contributed by atoms with van der Waals surface area (Å²) in [7, 11) is 0. The van der Waals surface area contributed by atoms with Gasteiger partial charge in [-0.25, -0.2) is 14.1 Å². The number of hydrogen-bond donors (Lipinski definition) is 2. The van der Waals surface area contributed by atoms with E-state index in [9.17, 15) is 9.59 Å². The maximum Gasteiger partial charge on any atom is 0.414 e. The van der Waals surface area contributed by atoms with Crippen LogP contribution in [0.1, 0.15) is 31.1 Å². The van der Waals surface area contributed by atoms with Crippen molar-refractivity contribution in [2.75, 3.05) is 5.32 Å². The quantitative estimate of drug-likeness (QED) is 0.741. The smallest absolute Gasteiger partial charge is 0.414 e. The van der Waals surface area contributed by atoms with E-state index >= 15 is 0 Å². The molecule has 0 atom stereocenters. The zero-order chi connectivity index (χ0) is 18.9. The fourth-order valence-corrected chi connectivity index (χ4v) is 2.21. The molecule has 0 aromatic carbocycles. The van der Waals surface area contributed by atoms with Crippen molar-refractivity contribution in [2.45, 2.75) is 26.4 Å². The molecule has 0 aliphatic rings. The number of nitrogens with zero attached hydrogens (tertiary/aromatic N) is 4. The number of carboxylic acids is 1. The van der Waals surface area contributed by atoms with Crippen LogP contribution in [-0.4, -0.2) is 42.4 Å². The van der Waals surface area contributed by atoms with E-state index in [1.54, 1.807) is 39.1 Å². The molecule has 134 valence electrons. The number of anilines is 1. The Morgan fingerprint density at radius 2 is 2.00 bits per heavy atom. The maximum absolute atomic E-state index is 11.8. The molecule has 2 N–H and O–H groups in total. The molecule has 0 bridgehead atoms. The number of rotatable bonds is 3. The molecule has 1 amide bonds. The highest BCUT2D eigenvalue weighted by atomic mass is 16.6. The van der Waals surface area contributed by atoms with Crippen molar-refractivity contribution in [3.63, 3.8) is 0 Å². The fraction of sp³-hybridized carbons (Fsp3) is 0.235. The summed E-state index contributed by atoms with van der Waals surface area (Å²) in [5.74, 6) is -0.926. The second kappa shape index (κ2) is 6.43. The zero-order valence-electron chi connectivity index (χ0n) is 14.4. The van der Waals surface area contributed by atoms with Crippen molar-refractivity contribution in [3.05, 3.63) is 42.2 Å². The Hall–Kier alpha value is -3.49. The Kier molecular flexibility index (Phi) is 4.29. The van der Waals surface area contributed by atoms with Crippen LogP contribution in [-0.2, 0) is 4.74 Å². The lowest BCUT2D eigenvalue weighted by atomic mass is 10.1. The zero-order valence-corrected chi connectivity index (χ0v) is 14.4. The molecule has 9 heteroatoms. The molecule has 0 saturated carbocycles. The lowest BCUT2D eigenvalue weighted by Gasteiger charge is -2.18. The van der Waals surface area contributed by atoms with Crippen molar-refractivity contribution >= 4 is 23.7 Å². The molecule has 0 aliphatic heterocycles. The van der Waals surface area contributed by atoms with Gasteiger partial charge in [0.15, 0.2) is 5.65 Å². The molecule has 3 heterocycles. The largest absolute Gasteiger partial charge is 0.478 e. The second-order valence-corrected chi connectivity index (χ2v) is 6.52. The molecule has 26 heavy (non-hydrogen) atoms. The molecular weight excluding hydrogens is 338 g/mol. The van der Waals surface area contributed by atoms with Crippen molar-refractivity contribution in [2.24, 2.45) is 0 Å². The number of carbonyl (C=O) groups excluding carboxylic acids is 1. The van der Waals surface area contributed by atoms with Gasteiger partial charge < -0.3 is 9.84 Å². The predicted octanol–water partition coefficient (Wildman–Crippen LogP) is 2.84. The Labute approximate surface area is 148 Å². The van der Waals surface area contributed by atoms with Crippen molar-refractivity contribution in [1.82, 2.24) is 19.6 Å². The van der Waals surface area contributed by atoms with Crippen LogP contribution in [0.2, 0.25) is 0 Å². The van der Waals surface area contributed by atoms with Crippen LogP contribution in [0, 0.1) is 0 Å². The lowest BCUT2D eigenvalue weighted by Crippen LogP contribution is -2.27. The normalized spacial score (nSPS) is 11.3. The number of aromatic nitrogens is 4. The van der Waals surface area contributed by atoms with Gasteiger partial charge in [-0.2, -0.15) is 4.98 Å². The first-order chi connectivity index (χ1) is 12.2. The molecule has 9 nitrogen and oxygen atoms in total. The van der Waals surface area contributed by atoms with Crippen LogP contribution in [0.5, 0.6) is 0 Å². The topological polar surface area (TPSA) is 119 Å². The summed E-state index contributed by atoms with van der Waals surface area (Å²) in [5, 5.41) is 15.7. The van der Waals surface area contributed by atoms with E-state index in [-0.39, 0.29) is 11.5 Å². The fourth-order valence-electron chi connectivity index (χ4n) is 2.21. The van der Waals surface area contributed by atoms with E-state index in [4.69, 9.17) is 9.84 Å². The Morgan fingerprint density at radius 3 is 2.69 bits per heavy atom. The number of amides is 1. The average Bonchev–Trinajstić information content (AvgIpc) is 2.94. The first-order valence-electron chi connectivity index (χ1n) is 7.77. The molecule has 0 aliphatic carbocycles. The van der Waals surface area contributed by atoms with Crippen molar-refractivity contribution < 1.29 is 19.4 Å². The third-order valence-electron chi connectivity index (χ3n) is 3.25. The summed E-state index contributed by atoms with van der Waals surface area (Å²) in [6.07, 6.45) is 2.43. The van der Waals surface area contributed by atoms with Gasteiger partial charge in [0.05, 0.1) is 11.3 Å². The first kappa shape index (κ1) is 17.3. The van der Waals surface area contributed by atoms with Crippen LogP contribution >= 0.6 is 0 Å². The van der Waals surface area contributed by atoms with Crippen LogP contribution in [0.4, 0.5) is 10.7 Å². The average molecular weight is 355 g/mol. The number of carbonyl (C=O) groups is 2. The summed E-state index contributed by atoms with van der Waals surface area (Å²) in [6, 6.07) is 6.32. The van der Waals surface area contributed by atoms with Gasteiger partial charge in [-0.1, -0.05) is 0 Å². The van der Waals surface area contributed by atoms with E-state index < -0.39 is 17.7 Å². The van der Waals surface area contributed by atoms with Gasteiger partial charge in [0.2, 0.25) is 0 Å². The van der Waals surface area contributed by atoms with Gasteiger partial charge >= 0.3 is 12.1 Å². The van der Waals surface area contributed by atoms with Gasteiger partial charge in [-0.3, -0.25) is 10.3 Å². The third-order valence-corrected chi connectivity index (χ3v) is 3.25. The number of nitrogens with one attached hydrogen (secondary N) is 1. The molecule has 0 spiro atoms. The van der Waals surface area contributed by atoms with E-state index in [0.29, 0.717) is 16.9 Å². The van der Waals surface area contributed by atoms with E-state index in [1.807, 2.05) is 0 Å². The van der Waals surface area contributed by atoms with Gasteiger partial charge in [-0.15, -0.1) is 5.10 Å². The van der Waals surface area contributed by atoms with Crippen molar-refractivity contribution in [3.8, 4) is 11.3 Å². The van der Waals surface area contributed by atoms with Crippen LogP contribution in [0.15, 0.2) is 36.7 Å². The standard InChI is InChI=1S/C17H17N5O4/c1-17(2,3)26-16(25)20-15-19-13-9-10(5-7-22(13)21-15)12-8-11(14(23)24)4-6-18-12/h4-9H,1-3H3,(H,23,24)(H,20,21,25). The molecule has 0 saturated heterocycles. The highest BCUT2D eigenvalue weighted by Crippen LogP contribution is 2.20. The minimum absolute atomic E-state index is 0.101. The van der Waals surface area contributed by atoms with Crippen LogP contribution in [0.25, 0.3) is 16.9 Å². The number of hydrogen-bond acceptors (Lipinski definition) is 6. The van der Waals surface area contributed by atoms with Crippen LogP contribution < -0.4 is 5.32 Å². The Balaban J connectivity index is 1.87. The summed E-state index contributed by atoms with van der Waals surface area (Å²) in [6.45, 7) is 5.27. The van der Waals surface area contributed by atoms with E-state index in [2.05, 4.69) is 20.4 Å². The van der Waals surface area contributed by atoms with E-state index in [1.165, 1.54) is 22.8 Å². The SMILES string of the molecule is CC(C)(C)OC(=O)Nc1nc2cc(-c3cc(C(=O)O)ccn3)ccn2n1.